The molecule has 4 heteroatoms. The smallest absolute Gasteiger partial charge is 0.288 e. The van der Waals surface area contributed by atoms with Crippen LogP contribution in [0.3, 0.4) is 0 Å². The molecule has 0 spiro atoms. The summed E-state index contributed by atoms with van der Waals surface area (Å²) >= 11 is 0. The Labute approximate surface area is 167 Å². The number of rotatable bonds is 15. The van der Waals surface area contributed by atoms with Gasteiger partial charge in [0.2, 0.25) is 0 Å². The van der Waals surface area contributed by atoms with Gasteiger partial charge in [0.1, 0.15) is 0 Å². The first-order chi connectivity index (χ1) is 13.1. The fraction of sp³-hybridized carbons (Fsp3) is 1.00. The average molecular weight is 385 g/mol. The summed E-state index contributed by atoms with van der Waals surface area (Å²) in [6.45, 7) is 12.5. The van der Waals surface area contributed by atoms with Gasteiger partial charge in [-0.15, -0.1) is 0 Å². The lowest BCUT2D eigenvalue weighted by atomic mass is 9.65. The Morgan fingerprint density at radius 3 is 1.93 bits per heavy atom. The third kappa shape index (κ3) is 5.68. The molecule has 27 heavy (non-hydrogen) atoms. The standard InChI is InChI=1S/C23H44O4/c1-6-10-11-12-13-14-17-22(5,19-15-16-20-21(18-19)27-20)23(24-7-2,25-8-3)26-9-4/h19-21H,6-18H2,1-5H3. The molecule has 1 heterocycles. The largest absolute Gasteiger partial charge is 0.370 e. The molecule has 2 rings (SSSR count). The summed E-state index contributed by atoms with van der Waals surface area (Å²) in [6, 6.07) is 0. The third-order valence-electron chi connectivity index (χ3n) is 6.66. The van der Waals surface area contributed by atoms with E-state index >= 15 is 0 Å². The molecule has 0 radical (unpaired) electrons. The average Bonchev–Trinajstić information content (AvgIpc) is 3.43. The third-order valence-corrected chi connectivity index (χ3v) is 6.66. The van der Waals surface area contributed by atoms with Gasteiger partial charge in [-0.1, -0.05) is 52.4 Å². The fourth-order valence-corrected chi connectivity index (χ4v) is 5.05. The van der Waals surface area contributed by atoms with Gasteiger partial charge < -0.3 is 18.9 Å². The van der Waals surface area contributed by atoms with Crippen LogP contribution < -0.4 is 0 Å². The zero-order chi connectivity index (χ0) is 19.8. The van der Waals surface area contributed by atoms with Crippen LogP contribution >= 0.6 is 0 Å². The molecule has 2 fully saturated rings. The molecule has 0 aromatic rings. The summed E-state index contributed by atoms with van der Waals surface area (Å²) < 4.78 is 24.7. The molecule has 1 aliphatic carbocycles. The van der Waals surface area contributed by atoms with E-state index in [9.17, 15) is 0 Å². The Kier molecular flexibility index (Phi) is 9.54. The van der Waals surface area contributed by atoms with Crippen LogP contribution in [0.2, 0.25) is 0 Å². The molecule has 160 valence electrons. The molecule has 2 aliphatic rings. The summed E-state index contributed by atoms with van der Waals surface area (Å²) in [7, 11) is 0. The van der Waals surface area contributed by atoms with Crippen LogP contribution in [0.25, 0.3) is 0 Å². The summed E-state index contributed by atoms with van der Waals surface area (Å²) in [5.74, 6) is -0.428. The molecule has 1 aliphatic heterocycles. The second-order valence-corrected chi connectivity index (χ2v) is 8.51. The number of unbranched alkanes of at least 4 members (excludes halogenated alkanes) is 5. The van der Waals surface area contributed by atoms with Crippen LogP contribution in [0.4, 0.5) is 0 Å². The molecule has 0 aromatic carbocycles. The van der Waals surface area contributed by atoms with Crippen molar-refractivity contribution in [2.75, 3.05) is 19.8 Å². The monoisotopic (exact) mass is 384 g/mol. The highest BCUT2D eigenvalue weighted by Gasteiger charge is 2.59. The van der Waals surface area contributed by atoms with Crippen molar-refractivity contribution in [3.05, 3.63) is 0 Å². The topological polar surface area (TPSA) is 40.2 Å². The zero-order valence-corrected chi connectivity index (χ0v) is 18.6. The maximum Gasteiger partial charge on any atom is 0.288 e. The van der Waals surface area contributed by atoms with Gasteiger partial charge in [-0.2, -0.15) is 0 Å². The highest BCUT2D eigenvalue weighted by atomic mass is 16.9. The quantitative estimate of drug-likeness (QED) is 0.195. The van der Waals surface area contributed by atoms with Crippen LogP contribution in [-0.4, -0.2) is 38.0 Å². The molecule has 1 saturated carbocycles. The maximum absolute atomic E-state index is 6.29. The lowest BCUT2D eigenvalue weighted by Gasteiger charge is -2.51. The minimum absolute atomic E-state index is 0.156. The van der Waals surface area contributed by atoms with E-state index in [1.165, 1.54) is 51.4 Å². The van der Waals surface area contributed by atoms with Gasteiger partial charge in [0.15, 0.2) is 0 Å². The molecule has 4 nitrogen and oxygen atoms in total. The van der Waals surface area contributed by atoms with E-state index < -0.39 is 5.97 Å². The fourth-order valence-electron chi connectivity index (χ4n) is 5.05. The summed E-state index contributed by atoms with van der Waals surface area (Å²) in [6.07, 6.45) is 13.3. The summed E-state index contributed by atoms with van der Waals surface area (Å²) in [4.78, 5) is 0. The van der Waals surface area contributed by atoms with Crippen molar-refractivity contribution in [1.29, 1.82) is 0 Å². The van der Waals surface area contributed by atoms with E-state index in [4.69, 9.17) is 18.9 Å². The van der Waals surface area contributed by atoms with Gasteiger partial charge in [-0.3, -0.25) is 0 Å². The van der Waals surface area contributed by atoms with Gasteiger partial charge >= 0.3 is 0 Å². The minimum atomic E-state index is -0.943. The second-order valence-electron chi connectivity index (χ2n) is 8.51. The van der Waals surface area contributed by atoms with E-state index in [1.807, 2.05) is 20.8 Å². The minimum Gasteiger partial charge on any atom is -0.370 e. The number of fused-ring (bicyclic) bond motifs is 1. The summed E-state index contributed by atoms with van der Waals surface area (Å²) in [5, 5.41) is 0. The number of ether oxygens (including phenoxy) is 4. The molecule has 0 bridgehead atoms. The van der Waals surface area contributed by atoms with Crippen LogP contribution in [-0.2, 0) is 18.9 Å². The highest BCUT2D eigenvalue weighted by Crippen LogP contribution is 2.54. The van der Waals surface area contributed by atoms with E-state index in [2.05, 4.69) is 13.8 Å². The Bertz CT molecular complexity index is 396. The van der Waals surface area contributed by atoms with Crippen molar-refractivity contribution in [3.63, 3.8) is 0 Å². The normalized spacial score (nSPS) is 27.2. The van der Waals surface area contributed by atoms with Gasteiger partial charge in [0.05, 0.1) is 17.6 Å². The van der Waals surface area contributed by atoms with Crippen LogP contribution in [0.15, 0.2) is 0 Å². The molecule has 0 aromatic heterocycles. The Morgan fingerprint density at radius 1 is 0.778 bits per heavy atom. The Hall–Kier alpha value is -0.160. The second kappa shape index (κ2) is 11.1. The van der Waals surface area contributed by atoms with Gasteiger partial charge in [-0.05, 0) is 52.4 Å². The maximum atomic E-state index is 6.29. The van der Waals surface area contributed by atoms with Crippen molar-refractivity contribution in [2.45, 2.75) is 117 Å². The number of hydrogen-bond acceptors (Lipinski definition) is 4. The van der Waals surface area contributed by atoms with Gasteiger partial charge in [-0.25, -0.2) is 0 Å². The molecule has 0 amide bonds. The van der Waals surface area contributed by atoms with Crippen molar-refractivity contribution in [2.24, 2.45) is 11.3 Å². The molecule has 4 unspecified atom stereocenters. The molecular formula is C23H44O4. The Morgan fingerprint density at radius 2 is 1.37 bits per heavy atom. The van der Waals surface area contributed by atoms with Crippen molar-refractivity contribution in [3.8, 4) is 0 Å². The van der Waals surface area contributed by atoms with E-state index in [1.54, 1.807) is 0 Å². The van der Waals surface area contributed by atoms with Crippen molar-refractivity contribution < 1.29 is 18.9 Å². The zero-order valence-electron chi connectivity index (χ0n) is 18.6. The van der Waals surface area contributed by atoms with Crippen molar-refractivity contribution in [1.82, 2.24) is 0 Å². The van der Waals surface area contributed by atoms with Crippen LogP contribution in [0, 0.1) is 11.3 Å². The van der Waals surface area contributed by atoms with E-state index in [0.29, 0.717) is 37.9 Å². The molecule has 4 atom stereocenters. The molecule has 1 saturated heterocycles. The first-order valence-corrected chi connectivity index (χ1v) is 11.6. The Balaban J connectivity index is 2.14. The first kappa shape index (κ1) is 23.1. The van der Waals surface area contributed by atoms with Crippen LogP contribution in [0.5, 0.6) is 0 Å². The number of hydrogen-bond donors (Lipinski definition) is 0. The predicted molar refractivity (Wildman–Crippen MR) is 110 cm³/mol. The van der Waals surface area contributed by atoms with Gasteiger partial charge in [0, 0.05) is 19.8 Å². The number of epoxide rings is 1. The lowest BCUT2D eigenvalue weighted by Crippen LogP contribution is -2.57. The lowest BCUT2D eigenvalue weighted by molar-refractivity contribution is -0.435. The van der Waals surface area contributed by atoms with E-state index in [-0.39, 0.29) is 5.41 Å². The predicted octanol–water partition coefficient (Wildman–Crippen LogP) is 6.07. The summed E-state index contributed by atoms with van der Waals surface area (Å²) in [5.41, 5.74) is -0.156. The molecule has 0 N–H and O–H groups in total. The first-order valence-electron chi connectivity index (χ1n) is 11.6. The van der Waals surface area contributed by atoms with E-state index in [0.717, 1.165) is 12.8 Å². The van der Waals surface area contributed by atoms with Crippen molar-refractivity contribution >= 4 is 0 Å². The molecular weight excluding hydrogens is 340 g/mol. The SMILES string of the molecule is CCCCCCCCC(C)(C1CCC2OC2C1)C(OCC)(OCC)OCC. The highest BCUT2D eigenvalue weighted by molar-refractivity contribution is 5.00. The van der Waals surface area contributed by atoms with Gasteiger partial charge in [0.25, 0.3) is 5.97 Å². The van der Waals surface area contributed by atoms with Crippen LogP contribution in [0.1, 0.15) is 98.8 Å².